The van der Waals surface area contributed by atoms with Crippen molar-refractivity contribution in [3.8, 4) is 11.5 Å². The minimum absolute atomic E-state index is 0.0579. The standard InChI is InChI=1S/C19H20O3S/c1-3-21-18-6-5-7-19(22-4-2)16(18)12-13-17(20)14-8-10-15(23)11-9-14/h5-10,12-13H,3-4,11H2,1-2H3. The van der Waals surface area contributed by atoms with Crippen LogP contribution in [0.4, 0.5) is 0 Å². The van der Waals surface area contributed by atoms with Crippen molar-refractivity contribution in [1.82, 2.24) is 0 Å². The quantitative estimate of drug-likeness (QED) is 0.551. The SMILES string of the molecule is CCOc1cccc(OCC)c1C=CC(=O)C1=CCC(=S)C=C1. The summed E-state index contributed by atoms with van der Waals surface area (Å²) in [4.78, 5) is 13.1. The van der Waals surface area contributed by atoms with E-state index in [1.54, 1.807) is 24.3 Å². The van der Waals surface area contributed by atoms with Gasteiger partial charge in [0.25, 0.3) is 0 Å². The summed E-state index contributed by atoms with van der Waals surface area (Å²) in [6.45, 7) is 4.95. The number of rotatable bonds is 7. The molecule has 4 heteroatoms. The Balaban J connectivity index is 2.25. The average molecular weight is 328 g/mol. The van der Waals surface area contributed by atoms with Crippen molar-refractivity contribution in [2.24, 2.45) is 0 Å². The van der Waals surface area contributed by atoms with Gasteiger partial charge in [-0.3, -0.25) is 4.79 Å². The molecule has 0 aromatic heterocycles. The maximum atomic E-state index is 12.3. The zero-order chi connectivity index (χ0) is 16.7. The van der Waals surface area contributed by atoms with Gasteiger partial charge in [0.05, 0.1) is 18.8 Å². The Morgan fingerprint density at radius 3 is 2.35 bits per heavy atom. The molecule has 0 heterocycles. The first-order chi connectivity index (χ1) is 11.2. The van der Waals surface area contributed by atoms with Crippen molar-refractivity contribution in [3.63, 3.8) is 0 Å². The molecule has 0 fully saturated rings. The van der Waals surface area contributed by atoms with E-state index in [4.69, 9.17) is 21.7 Å². The Morgan fingerprint density at radius 2 is 1.83 bits per heavy atom. The third-order valence-electron chi connectivity index (χ3n) is 3.28. The first kappa shape index (κ1) is 17.2. The Kier molecular flexibility index (Phi) is 6.29. The molecular weight excluding hydrogens is 308 g/mol. The van der Waals surface area contributed by atoms with E-state index in [0.29, 0.717) is 36.7 Å². The van der Waals surface area contributed by atoms with Gasteiger partial charge in [-0.15, -0.1) is 0 Å². The second-order valence-electron chi connectivity index (χ2n) is 4.89. The second kappa shape index (κ2) is 8.44. The molecule has 2 rings (SSSR count). The van der Waals surface area contributed by atoms with Crippen molar-refractivity contribution in [2.45, 2.75) is 20.3 Å². The lowest BCUT2D eigenvalue weighted by atomic mass is 10.0. The molecule has 0 saturated heterocycles. The molecule has 0 spiro atoms. The average Bonchev–Trinajstić information content (AvgIpc) is 2.55. The van der Waals surface area contributed by atoms with Gasteiger partial charge in [0, 0.05) is 16.9 Å². The van der Waals surface area contributed by atoms with E-state index < -0.39 is 0 Å². The van der Waals surface area contributed by atoms with E-state index in [-0.39, 0.29) is 5.78 Å². The van der Waals surface area contributed by atoms with Crippen LogP contribution in [-0.4, -0.2) is 23.9 Å². The maximum absolute atomic E-state index is 12.3. The Bertz CT molecular complexity index is 660. The molecule has 1 aliphatic carbocycles. The highest BCUT2D eigenvalue weighted by Gasteiger charge is 2.10. The van der Waals surface area contributed by atoms with E-state index in [1.807, 2.05) is 38.1 Å². The van der Waals surface area contributed by atoms with Gasteiger partial charge in [0.2, 0.25) is 0 Å². The number of thiocarbonyl (C=S) groups is 1. The molecular formula is C19H20O3S. The number of carbonyl (C=O) groups excluding carboxylic acids is 1. The first-order valence-electron chi connectivity index (χ1n) is 7.67. The number of allylic oxidation sites excluding steroid dienone is 5. The van der Waals surface area contributed by atoms with E-state index in [9.17, 15) is 4.79 Å². The smallest absolute Gasteiger partial charge is 0.185 e. The van der Waals surface area contributed by atoms with Crippen LogP contribution in [0.15, 0.2) is 48.1 Å². The van der Waals surface area contributed by atoms with Crippen LogP contribution in [0.1, 0.15) is 25.8 Å². The number of ketones is 1. The van der Waals surface area contributed by atoms with Gasteiger partial charge in [0.15, 0.2) is 5.78 Å². The summed E-state index contributed by atoms with van der Waals surface area (Å²) in [5.74, 6) is 1.35. The molecule has 0 bridgehead atoms. The molecule has 0 unspecified atom stereocenters. The highest BCUT2D eigenvalue weighted by Crippen LogP contribution is 2.30. The van der Waals surface area contributed by atoms with Crippen LogP contribution in [0.2, 0.25) is 0 Å². The Labute approximate surface area is 142 Å². The first-order valence-corrected chi connectivity index (χ1v) is 8.08. The van der Waals surface area contributed by atoms with Crippen LogP contribution < -0.4 is 9.47 Å². The Hall–Kier alpha value is -2.20. The number of carbonyl (C=O) groups is 1. The van der Waals surface area contributed by atoms with Crippen LogP contribution >= 0.6 is 12.2 Å². The Morgan fingerprint density at radius 1 is 1.17 bits per heavy atom. The predicted octanol–water partition coefficient (Wildman–Crippen LogP) is 4.32. The van der Waals surface area contributed by atoms with E-state index in [2.05, 4.69) is 0 Å². The van der Waals surface area contributed by atoms with Crippen LogP contribution in [0, 0.1) is 0 Å². The van der Waals surface area contributed by atoms with Gasteiger partial charge in [0.1, 0.15) is 11.5 Å². The zero-order valence-corrected chi connectivity index (χ0v) is 14.2. The van der Waals surface area contributed by atoms with Crippen molar-refractivity contribution < 1.29 is 14.3 Å². The zero-order valence-electron chi connectivity index (χ0n) is 13.4. The van der Waals surface area contributed by atoms with Crippen LogP contribution in [0.25, 0.3) is 6.08 Å². The summed E-state index contributed by atoms with van der Waals surface area (Å²) in [5.41, 5.74) is 1.43. The summed E-state index contributed by atoms with van der Waals surface area (Å²) in [5, 5.41) is 0. The molecule has 3 nitrogen and oxygen atoms in total. The van der Waals surface area contributed by atoms with Crippen LogP contribution in [0.5, 0.6) is 11.5 Å². The summed E-state index contributed by atoms with van der Waals surface area (Å²) < 4.78 is 11.3. The van der Waals surface area contributed by atoms with Crippen molar-refractivity contribution in [2.75, 3.05) is 13.2 Å². The maximum Gasteiger partial charge on any atom is 0.185 e. The topological polar surface area (TPSA) is 35.5 Å². The molecule has 0 amide bonds. The van der Waals surface area contributed by atoms with Gasteiger partial charge < -0.3 is 9.47 Å². The number of hydrogen-bond donors (Lipinski definition) is 0. The van der Waals surface area contributed by atoms with Crippen LogP contribution in [-0.2, 0) is 4.79 Å². The lowest BCUT2D eigenvalue weighted by Crippen LogP contribution is -2.03. The van der Waals surface area contributed by atoms with Gasteiger partial charge in [-0.2, -0.15) is 0 Å². The molecule has 0 aliphatic heterocycles. The highest BCUT2D eigenvalue weighted by molar-refractivity contribution is 7.80. The van der Waals surface area contributed by atoms with Crippen molar-refractivity contribution in [1.29, 1.82) is 0 Å². The third-order valence-corrected chi connectivity index (χ3v) is 3.59. The normalized spacial score (nSPS) is 14.0. The second-order valence-corrected chi connectivity index (χ2v) is 5.42. The van der Waals surface area contributed by atoms with Crippen LogP contribution in [0.3, 0.4) is 0 Å². The third kappa shape index (κ3) is 4.63. The molecule has 23 heavy (non-hydrogen) atoms. The summed E-state index contributed by atoms with van der Waals surface area (Å²) in [7, 11) is 0. The predicted molar refractivity (Wildman–Crippen MR) is 97.3 cm³/mol. The lowest BCUT2D eigenvalue weighted by Gasteiger charge is -2.12. The van der Waals surface area contributed by atoms with Gasteiger partial charge >= 0.3 is 0 Å². The molecule has 0 N–H and O–H groups in total. The number of hydrogen-bond acceptors (Lipinski definition) is 4. The van der Waals surface area contributed by atoms with Gasteiger partial charge in [-0.05, 0) is 44.2 Å². The minimum Gasteiger partial charge on any atom is -0.493 e. The summed E-state index contributed by atoms with van der Waals surface area (Å²) >= 11 is 5.08. The van der Waals surface area contributed by atoms with E-state index in [0.717, 1.165) is 10.4 Å². The minimum atomic E-state index is -0.0579. The summed E-state index contributed by atoms with van der Waals surface area (Å²) in [6.07, 6.45) is 9.35. The number of benzene rings is 1. The monoisotopic (exact) mass is 328 g/mol. The molecule has 0 saturated carbocycles. The fourth-order valence-corrected chi connectivity index (χ4v) is 2.37. The molecule has 0 atom stereocenters. The number of ether oxygens (including phenoxy) is 2. The lowest BCUT2D eigenvalue weighted by molar-refractivity contribution is -0.111. The van der Waals surface area contributed by atoms with Crippen molar-refractivity contribution in [3.05, 3.63) is 53.6 Å². The fraction of sp³-hybridized carbons (Fsp3) is 0.263. The van der Waals surface area contributed by atoms with Crippen molar-refractivity contribution >= 4 is 28.9 Å². The largest absolute Gasteiger partial charge is 0.493 e. The molecule has 1 aromatic carbocycles. The van der Waals surface area contributed by atoms with E-state index >= 15 is 0 Å². The molecule has 1 aliphatic rings. The molecule has 120 valence electrons. The summed E-state index contributed by atoms with van der Waals surface area (Å²) in [6, 6.07) is 5.62. The highest BCUT2D eigenvalue weighted by atomic mass is 32.1. The van der Waals surface area contributed by atoms with Gasteiger partial charge in [-0.1, -0.05) is 30.4 Å². The van der Waals surface area contributed by atoms with E-state index in [1.165, 1.54) is 0 Å². The molecule has 1 aromatic rings. The van der Waals surface area contributed by atoms with Gasteiger partial charge in [-0.25, -0.2) is 0 Å². The fourth-order valence-electron chi connectivity index (χ4n) is 2.22. The molecule has 0 radical (unpaired) electrons.